The Hall–Kier alpha value is -0.316. The van der Waals surface area contributed by atoms with Crippen LogP contribution in [-0.4, -0.2) is 9.55 Å². The van der Waals surface area contributed by atoms with Gasteiger partial charge in [-0.05, 0) is 6.92 Å². The van der Waals surface area contributed by atoms with Crippen molar-refractivity contribution in [3.05, 3.63) is 50.3 Å². The maximum atomic E-state index is 11.9. The van der Waals surface area contributed by atoms with E-state index in [-0.39, 0.29) is 38.3 Å². The number of hydrogen-bond acceptors (Lipinski definition) is 3. The standard InChI is InChI=1S/C13H15N2OS.Y/c1-9(2)11-4-5-15(13(16)6-11)7-12-8-17-10(3)14-12;/h5-6,8-9H,7H2,1-3H3;/q-1;. The molecule has 0 saturated heterocycles. The second-order valence-electron chi connectivity index (χ2n) is 4.35. The molecule has 0 aliphatic rings. The number of nitrogens with zero attached hydrogens (tertiary/aromatic N) is 2. The third-order valence-corrected chi connectivity index (χ3v) is 3.39. The molecule has 0 aromatic carbocycles. The van der Waals surface area contributed by atoms with Crippen LogP contribution in [0.5, 0.6) is 0 Å². The number of rotatable bonds is 3. The summed E-state index contributed by atoms with van der Waals surface area (Å²) in [5.74, 6) is 0.332. The van der Waals surface area contributed by atoms with Gasteiger partial charge in [-0.15, -0.1) is 17.4 Å². The molecule has 0 unspecified atom stereocenters. The van der Waals surface area contributed by atoms with Crippen LogP contribution in [0.1, 0.15) is 36.0 Å². The Morgan fingerprint density at radius 3 is 2.72 bits per heavy atom. The first-order valence-electron chi connectivity index (χ1n) is 5.59. The van der Waals surface area contributed by atoms with Gasteiger partial charge in [-0.2, -0.15) is 0 Å². The van der Waals surface area contributed by atoms with E-state index in [0.717, 1.165) is 16.3 Å². The Bertz CT molecular complexity index is 574. The van der Waals surface area contributed by atoms with Gasteiger partial charge in [-0.1, -0.05) is 26.0 Å². The van der Waals surface area contributed by atoms with Gasteiger partial charge in [0.15, 0.2) is 5.56 Å². The van der Waals surface area contributed by atoms with Gasteiger partial charge in [0.2, 0.25) is 0 Å². The summed E-state index contributed by atoms with van der Waals surface area (Å²) in [4.78, 5) is 16.2. The third-order valence-electron chi connectivity index (χ3n) is 2.57. The van der Waals surface area contributed by atoms with Crippen LogP contribution in [0.2, 0.25) is 0 Å². The molecule has 0 bridgehead atoms. The van der Waals surface area contributed by atoms with E-state index < -0.39 is 0 Å². The van der Waals surface area contributed by atoms with Crippen LogP contribution in [0.25, 0.3) is 0 Å². The van der Waals surface area contributed by atoms with Gasteiger partial charge in [-0.3, -0.25) is 4.79 Å². The first-order chi connectivity index (χ1) is 8.06. The van der Waals surface area contributed by atoms with E-state index in [9.17, 15) is 4.79 Å². The topological polar surface area (TPSA) is 34.9 Å². The van der Waals surface area contributed by atoms with Crippen molar-refractivity contribution in [2.24, 2.45) is 0 Å². The fourth-order valence-corrected chi connectivity index (χ4v) is 2.19. The average molecular weight is 336 g/mol. The Kier molecular flexibility index (Phi) is 5.89. The van der Waals surface area contributed by atoms with E-state index in [1.807, 2.05) is 12.3 Å². The Labute approximate surface area is 136 Å². The van der Waals surface area contributed by atoms with Gasteiger partial charge in [-0.25, -0.2) is 16.6 Å². The van der Waals surface area contributed by atoms with E-state index in [2.05, 4.69) is 24.9 Å². The van der Waals surface area contributed by atoms with Gasteiger partial charge in [0.25, 0.3) is 0 Å². The molecule has 2 aromatic rings. The van der Waals surface area contributed by atoms with Gasteiger partial charge < -0.3 is 4.57 Å². The molecule has 0 atom stereocenters. The summed E-state index contributed by atoms with van der Waals surface area (Å²) < 4.78 is 1.64. The number of thiazole rings is 1. The van der Waals surface area contributed by atoms with Crippen LogP contribution in [0, 0.1) is 13.0 Å². The summed E-state index contributed by atoms with van der Waals surface area (Å²) >= 11 is 1.60. The van der Waals surface area contributed by atoms with Crippen molar-refractivity contribution in [1.82, 2.24) is 9.55 Å². The molecule has 18 heavy (non-hydrogen) atoms. The molecule has 0 saturated carbocycles. The first-order valence-corrected chi connectivity index (χ1v) is 6.47. The quantitative estimate of drug-likeness (QED) is 0.808. The van der Waals surface area contributed by atoms with Crippen molar-refractivity contribution in [3.63, 3.8) is 0 Å². The van der Waals surface area contributed by atoms with Gasteiger partial charge in [0.1, 0.15) is 0 Å². The molecule has 1 radical (unpaired) electrons. The van der Waals surface area contributed by atoms with Crippen LogP contribution in [0.3, 0.4) is 0 Å². The molecule has 2 aromatic heterocycles. The van der Waals surface area contributed by atoms with Crippen molar-refractivity contribution in [2.45, 2.75) is 33.2 Å². The Balaban J connectivity index is 0.00000162. The molecule has 2 rings (SSSR count). The smallest absolute Gasteiger partial charge is 0.168 e. The van der Waals surface area contributed by atoms with E-state index in [4.69, 9.17) is 0 Å². The van der Waals surface area contributed by atoms with Crippen molar-refractivity contribution in [1.29, 1.82) is 0 Å². The molecular weight excluding hydrogens is 321 g/mol. The second kappa shape index (κ2) is 6.74. The Morgan fingerprint density at radius 1 is 1.50 bits per heavy atom. The summed E-state index contributed by atoms with van der Waals surface area (Å²) in [6.45, 7) is 6.60. The largest absolute Gasteiger partial charge is 0.343 e. The van der Waals surface area contributed by atoms with Crippen LogP contribution in [0.15, 0.2) is 22.4 Å². The zero-order chi connectivity index (χ0) is 12.4. The summed E-state index contributed by atoms with van der Waals surface area (Å²) in [6.07, 6.45) is 1.73. The molecular formula is C13H15N2OSY-. The predicted octanol–water partition coefficient (Wildman–Crippen LogP) is 2.58. The fraction of sp³-hybridized carbons (Fsp3) is 0.385. The average Bonchev–Trinajstić information content (AvgIpc) is 2.67. The molecule has 2 heterocycles. The monoisotopic (exact) mass is 336 g/mol. The van der Waals surface area contributed by atoms with Crippen LogP contribution in [-0.2, 0) is 39.3 Å². The summed E-state index contributed by atoms with van der Waals surface area (Å²) in [5, 5.41) is 3.01. The molecule has 5 heteroatoms. The van der Waals surface area contributed by atoms with E-state index in [1.165, 1.54) is 0 Å². The van der Waals surface area contributed by atoms with E-state index >= 15 is 0 Å². The van der Waals surface area contributed by atoms with Crippen molar-refractivity contribution in [2.75, 3.05) is 0 Å². The second-order valence-corrected chi connectivity index (χ2v) is 5.41. The van der Waals surface area contributed by atoms with Crippen molar-refractivity contribution in [3.8, 4) is 0 Å². The molecule has 3 nitrogen and oxygen atoms in total. The maximum Gasteiger partial charge on any atom is 0.168 e. The van der Waals surface area contributed by atoms with Gasteiger partial charge in [0, 0.05) is 38.1 Å². The first kappa shape index (κ1) is 15.7. The summed E-state index contributed by atoms with van der Waals surface area (Å²) in [7, 11) is 0. The van der Waals surface area contributed by atoms with Gasteiger partial charge in [0.05, 0.1) is 17.2 Å². The van der Waals surface area contributed by atoms with Crippen molar-refractivity contribution >= 4 is 11.3 Å². The van der Waals surface area contributed by atoms with Crippen molar-refractivity contribution < 1.29 is 32.7 Å². The molecule has 0 N–H and O–H groups in total. The zero-order valence-corrected chi connectivity index (χ0v) is 14.5. The Morgan fingerprint density at radius 2 is 2.22 bits per heavy atom. The molecule has 0 aliphatic heterocycles. The molecule has 0 amide bonds. The predicted molar refractivity (Wildman–Crippen MR) is 69.6 cm³/mol. The molecule has 93 valence electrons. The van der Waals surface area contributed by atoms with Crippen LogP contribution in [0.4, 0.5) is 0 Å². The number of aryl methyl sites for hydroxylation is 1. The van der Waals surface area contributed by atoms with Crippen LogP contribution >= 0.6 is 11.3 Å². The summed E-state index contributed by atoms with van der Waals surface area (Å²) in [6, 6.07) is 4.80. The number of hydrogen-bond donors (Lipinski definition) is 0. The molecule has 0 spiro atoms. The normalized spacial score (nSPS) is 10.4. The maximum absolute atomic E-state index is 11.9. The van der Waals surface area contributed by atoms with Crippen LogP contribution < -0.4 is 5.56 Å². The minimum Gasteiger partial charge on any atom is -0.343 e. The minimum atomic E-state index is 0. The third kappa shape index (κ3) is 3.84. The SMILES string of the molecule is Cc1nc(Cn2c[c-]c(C(C)C)cc2=O)cs1.[Y]. The number of aromatic nitrogens is 2. The fourth-order valence-electron chi connectivity index (χ4n) is 1.59. The number of pyridine rings is 1. The van der Waals surface area contributed by atoms with Gasteiger partial charge >= 0.3 is 0 Å². The molecule has 0 aliphatic carbocycles. The minimum absolute atomic E-state index is 0. The van der Waals surface area contributed by atoms with E-state index in [1.54, 1.807) is 28.2 Å². The van der Waals surface area contributed by atoms with E-state index in [0.29, 0.717) is 12.5 Å². The molecule has 0 fully saturated rings. The summed E-state index contributed by atoms with van der Waals surface area (Å²) in [5.41, 5.74) is 1.90. The zero-order valence-electron chi connectivity index (χ0n) is 10.8.